The van der Waals surface area contributed by atoms with E-state index in [1.54, 1.807) is 18.2 Å². The highest BCUT2D eigenvalue weighted by Gasteiger charge is 2.53. The molecule has 2 aliphatic rings. The molecule has 2 N–H and O–H groups in total. The maximum absolute atomic E-state index is 13.1. The van der Waals surface area contributed by atoms with Crippen LogP contribution in [0.2, 0.25) is 0 Å². The summed E-state index contributed by atoms with van der Waals surface area (Å²) in [7, 11) is 0. The van der Waals surface area contributed by atoms with Crippen LogP contribution in [0, 0.1) is 17.8 Å². The van der Waals surface area contributed by atoms with Crippen LogP contribution in [0.3, 0.4) is 0 Å². The van der Waals surface area contributed by atoms with Gasteiger partial charge in [-0.2, -0.15) is 13.2 Å². The molecule has 0 aliphatic carbocycles. The van der Waals surface area contributed by atoms with Gasteiger partial charge in [0.05, 0.1) is 11.8 Å². The molecule has 28 heavy (non-hydrogen) atoms. The maximum atomic E-state index is 13.1. The minimum absolute atomic E-state index is 0.463. The number of carbonyl (C=O) groups excluding carboxylic acids is 1. The number of carboxylic acids is 1. The van der Waals surface area contributed by atoms with E-state index in [2.05, 4.69) is 17.1 Å². The number of urea groups is 1. The average molecular weight is 399 g/mol. The molecule has 0 spiro atoms. The smallest absolute Gasteiger partial charge is 0.394 e. The second-order valence-corrected chi connectivity index (χ2v) is 7.65. The standard InChI is InChI=1S/C19H24F3N3O3/c1-12-5-7-24(8-6-12)14-4-2-3-13(9-14)23-18(28)25-10-15(17(26)27)16(11-25)19(20,21)22/h2-4,9,12,15-16H,5-8,10-11H2,1H3,(H,23,28)(H,26,27)/t15-,16-/m1/s1. The second-order valence-electron chi connectivity index (χ2n) is 7.65. The number of amides is 2. The second kappa shape index (κ2) is 7.89. The van der Waals surface area contributed by atoms with Crippen molar-refractivity contribution in [2.45, 2.75) is 25.9 Å². The first-order valence-corrected chi connectivity index (χ1v) is 9.35. The molecule has 1 aromatic rings. The van der Waals surface area contributed by atoms with Crippen molar-refractivity contribution in [2.24, 2.45) is 17.8 Å². The lowest BCUT2D eigenvalue weighted by Gasteiger charge is -2.32. The Labute approximate surface area is 161 Å². The Balaban J connectivity index is 1.66. The molecule has 0 bridgehead atoms. The van der Waals surface area contributed by atoms with E-state index in [-0.39, 0.29) is 0 Å². The molecule has 2 heterocycles. The number of nitrogens with one attached hydrogen (secondary N) is 1. The lowest BCUT2D eigenvalue weighted by Crippen LogP contribution is -2.35. The number of hydrogen-bond donors (Lipinski definition) is 2. The molecule has 1 aromatic carbocycles. The topological polar surface area (TPSA) is 72.9 Å². The number of benzene rings is 1. The van der Waals surface area contributed by atoms with Gasteiger partial charge in [-0.3, -0.25) is 4.79 Å². The number of likely N-dealkylation sites (tertiary alicyclic amines) is 1. The van der Waals surface area contributed by atoms with Crippen molar-refractivity contribution < 1.29 is 27.9 Å². The van der Waals surface area contributed by atoms with Gasteiger partial charge in [-0.25, -0.2) is 4.79 Å². The summed E-state index contributed by atoms with van der Waals surface area (Å²) in [5.74, 6) is -4.57. The summed E-state index contributed by atoms with van der Waals surface area (Å²) in [6, 6.07) is 6.45. The molecular formula is C19H24F3N3O3. The first kappa shape index (κ1) is 20.3. The van der Waals surface area contributed by atoms with Gasteiger partial charge in [0.1, 0.15) is 0 Å². The summed E-state index contributed by atoms with van der Waals surface area (Å²) in [6.45, 7) is 2.92. The number of nitrogens with zero attached hydrogens (tertiary/aromatic N) is 2. The zero-order valence-corrected chi connectivity index (χ0v) is 15.6. The average Bonchev–Trinajstić information content (AvgIpc) is 3.09. The molecule has 2 aliphatic heterocycles. The van der Waals surface area contributed by atoms with Gasteiger partial charge in [0.15, 0.2) is 0 Å². The predicted octanol–water partition coefficient (Wildman–Crippen LogP) is 3.65. The summed E-state index contributed by atoms with van der Waals surface area (Å²) in [5.41, 5.74) is 1.42. The molecule has 2 atom stereocenters. The van der Waals surface area contributed by atoms with E-state index in [0.29, 0.717) is 11.6 Å². The molecule has 0 saturated carbocycles. The van der Waals surface area contributed by atoms with Crippen LogP contribution < -0.4 is 10.2 Å². The fraction of sp³-hybridized carbons (Fsp3) is 0.579. The summed E-state index contributed by atoms with van der Waals surface area (Å²) in [6.07, 6.45) is -2.50. The number of anilines is 2. The number of carboxylic acid groups (broad SMARTS) is 1. The van der Waals surface area contributed by atoms with Crippen LogP contribution in [-0.2, 0) is 4.79 Å². The molecule has 2 fully saturated rings. The Bertz CT molecular complexity index is 733. The maximum Gasteiger partial charge on any atom is 0.394 e. The Hall–Kier alpha value is -2.45. The van der Waals surface area contributed by atoms with E-state index in [0.717, 1.165) is 36.5 Å². The van der Waals surface area contributed by atoms with E-state index < -0.39 is 43.1 Å². The minimum atomic E-state index is -4.66. The molecular weight excluding hydrogens is 375 g/mol. The quantitative estimate of drug-likeness (QED) is 0.814. The van der Waals surface area contributed by atoms with E-state index in [9.17, 15) is 22.8 Å². The van der Waals surface area contributed by atoms with Crippen molar-refractivity contribution in [1.82, 2.24) is 4.90 Å². The number of rotatable bonds is 3. The van der Waals surface area contributed by atoms with Crippen LogP contribution in [-0.4, -0.2) is 54.4 Å². The normalized spacial score (nSPS) is 23.7. The van der Waals surface area contributed by atoms with Gasteiger partial charge in [-0.05, 0) is 37.0 Å². The Morgan fingerprint density at radius 3 is 2.43 bits per heavy atom. The van der Waals surface area contributed by atoms with Crippen molar-refractivity contribution in [3.05, 3.63) is 24.3 Å². The number of halogens is 3. The zero-order valence-electron chi connectivity index (χ0n) is 15.6. The number of aliphatic carboxylic acids is 1. The van der Waals surface area contributed by atoms with Crippen molar-refractivity contribution in [3.63, 3.8) is 0 Å². The first-order valence-electron chi connectivity index (χ1n) is 9.35. The highest BCUT2D eigenvalue weighted by atomic mass is 19.4. The molecule has 0 radical (unpaired) electrons. The van der Waals surface area contributed by atoms with Gasteiger partial charge in [0.25, 0.3) is 0 Å². The third kappa shape index (κ3) is 4.51. The highest BCUT2D eigenvalue weighted by molar-refractivity contribution is 5.90. The lowest BCUT2D eigenvalue weighted by atomic mass is 9.96. The zero-order chi connectivity index (χ0) is 20.5. The van der Waals surface area contributed by atoms with E-state index in [1.165, 1.54) is 0 Å². The molecule has 154 valence electrons. The van der Waals surface area contributed by atoms with Gasteiger partial charge in [-0.1, -0.05) is 13.0 Å². The molecule has 2 amide bonds. The summed E-state index contributed by atoms with van der Waals surface area (Å²) in [4.78, 5) is 26.7. The summed E-state index contributed by atoms with van der Waals surface area (Å²) in [5, 5.41) is 11.7. The van der Waals surface area contributed by atoms with Gasteiger partial charge >= 0.3 is 18.2 Å². The monoisotopic (exact) mass is 399 g/mol. The molecule has 0 unspecified atom stereocenters. The van der Waals surface area contributed by atoms with E-state index in [1.807, 2.05) is 6.07 Å². The highest BCUT2D eigenvalue weighted by Crippen LogP contribution is 2.38. The number of alkyl halides is 3. The van der Waals surface area contributed by atoms with Crippen molar-refractivity contribution in [1.29, 1.82) is 0 Å². The Kier molecular flexibility index (Phi) is 5.71. The number of piperidine rings is 1. The van der Waals surface area contributed by atoms with Crippen molar-refractivity contribution in [3.8, 4) is 0 Å². The van der Waals surface area contributed by atoms with Crippen LogP contribution in [0.15, 0.2) is 24.3 Å². The number of carbonyl (C=O) groups is 2. The summed E-state index contributed by atoms with van der Waals surface area (Å²) >= 11 is 0. The van der Waals surface area contributed by atoms with Crippen LogP contribution in [0.1, 0.15) is 19.8 Å². The van der Waals surface area contributed by atoms with E-state index >= 15 is 0 Å². The third-order valence-corrected chi connectivity index (χ3v) is 5.59. The molecule has 9 heteroatoms. The first-order chi connectivity index (χ1) is 13.1. The predicted molar refractivity (Wildman–Crippen MR) is 98.3 cm³/mol. The van der Waals surface area contributed by atoms with Gasteiger partial charge < -0.3 is 20.2 Å². The van der Waals surface area contributed by atoms with Gasteiger partial charge in [0.2, 0.25) is 0 Å². The molecule has 6 nitrogen and oxygen atoms in total. The fourth-order valence-corrected chi connectivity index (χ4v) is 3.80. The van der Waals surface area contributed by atoms with Gasteiger partial charge in [-0.15, -0.1) is 0 Å². The number of hydrogen-bond acceptors (Lipinski definition) is 3. The molecule has 2 saturated heterocycles. The molecule has 3 rings (SSSR count). The Morgan fingerprint density at radius 1 is 1.18 bits per heavy atom. The van der Waals surface area contributed by atoms with Gasteiger partial charge in [0, 0.05) is 37.6 Å². The van der Waals surface area contributed by atoms with Crippen LogP contribution in [0.5, 0.6) is 0 Å². The van der Waals surface area contributed by atoms with Crippen LogP contribution >= 0.6 is 0 Å². The van der Waals surface area contributed by atoms with E-state index in [4.69, 9.17) is 5.11 Å². The van der Waals surface area contributed by atoms with Crippen molar-refractivity contribution in [2.75, 3.05) is 36.4 Å². The SMILES string of the molecule is CC1CCN(c2cccc(NC(=O)N3C[C@@H](C(F)(F)F)[C@H](C(=O)O)C3)c2)CC1. The largest absolute Gasteiger partial charge is 0.481 e. The summed E-state index contributed by atoms with van der Waals surface area (Å²) < 4.78 is 39.3. The van der Waals surface area contributed by atoms with Crippen LogP contribution in [0.4, 0.5) is 29.3 Å². The van der Waals surface area contributed by atoms with Crippen LogP contribution in [0.25, 0.3) is 0 Å². The minimum Gasteiger partial charge on any atom is -0.481 e. The fourth-order valence-electron chi connectivity index (χ4n) is 3.80. The van der Waals surface area contributed by atoms with Crippen molar-refractivity contribution >= 4 is 23.4 Å². The molecule has 0 aromatic heterocycles. The third-order valence-electron chi connectivity index (χ3n) is 5.59. The Morgan fingerprint density at radius 2 is 1.86 bits per heavy atom. The lowest BCUT2D eigenvalue weighted by molar-refractivity contribution is -0.187.